The maximum atomic E-state index is 3.91. The minimum Gasteiger partial charge on any atom is -0.389 e. The molecule has 0 saturated carbocycles. The topological polar surface area (TPSA) is 12.0 Å². The van der Waals surface area contributed by atoms with Gasteiger partial charge in [-0.25, -0.2) is 0 Å². The van der Waals surface area contributed by atoms with Crippen LogP contribution in [0.3, 0.4) is 0 Å². The van der Waals surface area contributed by atoms with Crippen LogP contribution >= 0.6 is 0 Å². The summed E-state index contributed by atoms with van der Waals surface area (Å²) in [6.07, 6.45) is 4.93. The van der Waals surface area contributed by atoms with Gasteiger partial charge in [-0.3, -0.25) is 0 Å². The summed E-state index contributed by atoms with van der Waals surface area (Å²) in [5.74, 6) is 0.891. The maximum Gasteiger partial charge on any atom is 0.0146 e. The van der Waals surface area contributed by atoms with E-state index in [-0.39, 0.29) is 0 Å². The van der Waals surface area contributed by atoms with Gasteiger partial charge in [0.1, 0.15) is 0 Å². The van der Waals surface area contributed by atoms with Gasteiger partial charge in [-0.15, -0.1) is 0 Å². The van der Waals surface area contributed by atoms with Crippen LogP contribution < -0.4 is 5.32 Å². The van der Waals surface area contributed by atoms with Crippen LogP contribution in [0.1, 0.15) is 46.5 Å². The van der Waals surface area contributed by atoms with Gasteiger partial charge >= 0.3 is 0 Å². The molecule has 0 heterocycles. The Morgan fingerprint density at radius 1 is 1.25 bits per heavy atom. The summed E-state index contributed by atoms with van der Waals surface area (Å²) in [5, 5.41) is 3.34. The smallest absolute Gasteiger partial charge is 0.0146 e. The van der Waals surface area contributed by atoms with E-state index >= 15 is 0 Å². The molecule has 0 aromatic heterocycles. The van der Waals surface area contributed by atoms with Crippen molar-refractivity contribution in [3.63, 3.8) is 0 Å². The zero-order valence-corrected chi connectivity index (χ0v) is 8.82. The van der Waals surface area contributed by atoms with Crippen molar-refractivity contribution >= 4 is 0 Å². The Morgan fingerprint density at radius 2 is 1.83 bits per heavy atom. The van der Waals surface area contributed by atoms with Crippen LogP contribution in [-0.2, 0) is 0 Å². The monoisotopic (exact) mass is 169 g/mol. The van der Waals surface area contributed by atoms with E-state index in [0.717, 1.165) is 18.9 Å². The van der Waals surface area contributed by atoms with Crippen molar-refractivity contribution in [2.75, 3.05) is 6.54 Å². The fraction of sp³-hybridized carbons (Fsp3) is 0.818. The Kier molecular flexibility index (Phi) is 6.93. The summed E-state index contributed by atoms with van der Waals surface area (Å²) in [6, 6.07) is 0. The average molecular weight is 169 g/mol. The minimum atomic E-state index is 0.891. The molecule has 0 bridgehead atoms. The number of hydrogen-bond acceptors (Lipinski definition) is 1. The Labute approximate surface area is 77.2 Å². The highest BCUT2D eigenvalue weighted by molar-refractivity contribution is 4.88. The van der Waals surface area contributed by atoms with E-state index in [1.54, 1.807) is 0 Å². The van der Waals surface area contributed by atoms with Gasteiger partial charge in [-0.1, -0.05) is 40.2 Å². The maximum absolute atomic E-state index is 3.91. The summed E-state index contributed by atoms with van der Waals surface area (Å²) in [6.45, 7) is 11.7. The lowest BCUT2D eigenvalue weighted by Gasteiger charge is -2.13. The third-order valence-corrected chi connectivity index (χ3v) is 2.51. The summed E-state index contributed by atoms with van der Waals surface area (Å²) in [5.41, 5.74) is 1.17. The highest BCUT2D eigenvalue weighted by Crippen LogP contribution is 2.11. The van der Waals surface area contributed by atoms with Gasteiger partial charge in [0.2, 0.25) is 0 Å². The number of rotatable bonds is 7. The fourth-order valence-corrected chi connectivity index (χ4v) is 1.27. The zero-order valence-electron chi connectivity index (χ0n) is 8.82. The minimum absolute atomic E-state index is 0.891. The Morgan fingerprint density at radius 3 is 2.25 bits per heavy atom. The molecular weight excluding hydrogens is 146 g/mol. The van der Waals surface area contributed by atoms with Gasteiger partial charge in [0.15, 0.2) is 0 Å². The van der Waals surface area contributed by atoms with Crippen molar-refractivity contribution in [1.29, 1.82) is 0 Å². The Bertz CT molecular complexity index is 114. The quantitative estimate of drug-likeness (QED) is 0.616. The van der Waals surface area contributed by atoms with Crippen molar-refractivity contribution in [3.8, 4) is 0 Å². The molecule has 1 N–H and O–H groups in total. The average Bonchev–Trinajstić information content (AvgIpc) is 2.12. The molecule has 0 radical (unpaired) electrons. The Hall–Kier alpha value is -0.460. The molecule has 0 unspecified atom stereocenters. The second-order valence-corrected chi connectivity index (χ2v) is 3.36. The highest BCUT2D eigenvalue weighted by Gasteiger charge is 2.01. The molecule has 0 atom stereocenters. The van der Waals surface area contributed by atoms with Crippen LogP contribution in [-0.4, -0.2) is 6.54 Å². The van der Waals surface area contributed by atoms with E-state index in [4.69, 9.17) is 0 Å². The van der Waals surface area contributed by atoms with Gasteiger partial charge in [-0.05, 0) is 18.8 Å². The van der Waals surface area contributed by atoms with Crippen LogP contribution in [0.25, 0.3) is 0 Å². The molecule has 0 fully saturated rings. The lowest BCUT2D eigenvalue weighted by atomic mass is 10.00. The van der Waals surface area contributed by atoms with Gasteiger partial charge in [0, 0.05) is 12.2 Å². The van der Waals surface area contributed by atoms with Gasteiger partial charge in [-0.2, -0.15) is 0 Å². The third kappa shape index (κ3) is 5.22. The molecule has 0 rings (SSSR count). The van der Waals surface area contributed by atoms with Crippen molar-refractivity contribution < 1.29 is 0 Å². The molecule has 72 valence electrons. The molecule has 0 amide bonds. The summed E-state index contributed by atoms with van der Waals surface area (Å²) >= 11 is 0. The first kappa shape index (κ1) is 11.5. The number of allylic oxidation sites excluding steroid dienone is 1. The van der Waals surface area contributed by atoms with E-state index in [9.17, 15) is 0 Å². The lowest BCUT2D eigenvalue weighted by molar-refractivity contribution is 0.447. The second kappa shape index (κ2) is 7.20. The number of nitrogens with one attached hydrogen (secondary N) is 1. The van der Waals surface area contributed by atoms with E-state index < -0.39 is 0 Å². The van der Waals surface area contributed by atoms with E-state index in [2.05, 4.69) is 32.7 Å². The third-order valence-electron chi connectivity index (χ3n) is 2.51. The first-order valence-electron chi connectivity index (χ1n) is 5.16. The van der Waals surface area contributed by atoms with Crippen LogP contribution in [0.15, 0.2) is 12.3 Å². The molecule has 1 nitrogen and oxygen atoms in total. The van der Waals surface area contributed by atoms with Crippen molar-refractivity contribution in [3.05, 3.63) is 12.3 Å². The number of hydrogen-bond donors (Lipinski definition) is 1. The molecule has 0 aromatic rings. The highest BCUT2D eigenvalue weighted by atomic mass is 14.9. The summed E-state index contributed by atoms with van der Waals surface area (Å²) in [4.78, 5) is 0. The molecule has 0 aliphatic rings. The molecular formula is C11H23N. The van der Waals surface area contributed by atoms with Crippen molar-refractivity contribution in [1.82, 2.24) is 5.32 Å². The molecule has 0 saturated heterocycles. The van der Waals surface area contributed by atoms with Crippen LogP contribution in [0.2, 0.25) is 0 Å². The fourth-order valence-electron chi connectivity index (χ4n) is 1.27. The van der Waals surface area contributed by atoms with E-state index in [1.807, 2.05) is 0 Å². The predicted octanol–water partition coefficient (Wildman–Crippen LogP) is 3.33. The molecule has 12 heavy (non-hydrogen) atoms. The largest absolute Gasteiger partial charge is 0.389 e. The van der Waals surface area contributed by atoms with Crippen molar-refractivity contribution in [2.24, 2.45) is 5.92 Å². The van der Waals surface area contributed by atoms with Crippen LogP contribution in [0.5, 0.6) is 0 Å². The standard InChI is InChI=1S/C11H23N/c1-5-10(4)12-9-8-11(6-2)7-3/h11-12H,4-9H2,1-3H3. The molecule has 1 heteroatoms. The van der Waals surface area contributed by atoms with Gasteiger partial charge in [0.25, 0.3) is 0 Å². The molecule has 0 aliphatic carbocycles. The molecule has 0 aromatic carbocycles. The normalized spacial score (nSPS) is 10.3. The summed E-state index contributed by atoms with van der Waals surface area (Å²) < 4.78 is 0. The van der Waals surface area contributed by atoms with Gasteiger partial charge in [0.05, 0.1) is 0 Å². The lowest BCUT2D eigenvalue weighted by Crippen LogP contribution is -2.16. The zero-order chi connectivity index (χ0) is 9.40. The van der Waals surface area contributed by atoms with Gasteiger partial charge < -0.3 is 5.32 Å². The van der Waals surface area contributed by atoms with Crippen LogP contribution in [0.4, 0.5) is 0 Å². The van der Waals surface area contributed by atoms with Crippen molar-refractivity contribution in [2.45, 2.75) is 46.5 Å². The first-order chi connectivity index (χ1) is 5.74. The molecule has 0 aliphatic heterocycles. The second-order valence-electron chi connectivity index (χ2n) is 3.36. The van der Waals surface area contributed by atoms with E-state index in [0.29, 0.717) is 0 Å². The van der Waals surface area contributed by atoms with E-state index in [1.165, 1.54) is 25.0 Å². The van der Waals surface area contributed by atoms with Crippen LogP contribution in [0, 0.1) is 5.92 Å². The Balaban J connectivity index is 3.34. The predicted molar refractivity (Wildman–Crippen MR) is 56.1 cm³/mol. The molecule has 0 spiro atoms. The summed E-state index contributed by atoms with van der Waals surface area (Å²) in [7, 11) is 0. The SMILES string of the molecule is C=C(CC)NCCC(CC)CC. The first-order valence-corrected chi connectivity index (χ1v) is 5.16.